The van der Waals surface area contributed by atoms with Gasteiger partial charge in [0.15, 0.2) is 5.75 Å². The Kier molecular flexibility index (Phi) is 7.15. The number of halogens is 1. The van der Waals surface area contributed by atoms with Crippen LogP contribution in [0.3, 0.4) is 0 Å². The van der Waals surface area contributed by atoms with Crippen molar-refractivity contribution in [2.24, 2.45) is 5.41 Å². The van der Waals surface area contributed by atoms with Crippen LogP contribution in [0, 0.1) is 15.5 Å². The number of para-hydroxylation sites is 1. The summed E-state index contributed by atoms with van der Waals surface area (Å²) in [6.07, 6.45) is 2.73. The summed E-state index contributed by atoms with van der Waals surface area (Å²) in [6, 6.07) is 15.5. The number of nitrogens with one attached hydrogen (secondary N) is 1. The van der Waals surface area contributed by atoms with Crippen LogP contribution in [0.25, 0.3) is 16.9 Å². The van der Waals surface area contributed by atoms with E-state index < -0.39 is 20.7 Å². The van der Waals surface area contributed by atoms with Crippen molar-refractivity contribution in [3.63, 3.8) is 0 Å². The van der Waals surface area contributed by atoms with Crippen molar-refractivity contribution in [1.29, 1.82) is 0 Å². The summed E-state index contributed by atoms with van der Waals surface area (Å²) >= 11 is 5.86. The van der Waals surface area contributed by atoms with Gasteiger partial charge < -0.3 is 9.50 Å². The van der Waals surface area contributed by atoms with E-state index in [-0.39, 0.29) is 26.6 Å². The molecule has 0 bridgehead atoms. The fourth-order valence-electron chi connectivity index (χ4n) is 4.68. The van der Waals surface area contributed by atoms with Crippen LogP contribution >= 0.6 is 11.6 Å². The van der Waals surface area contributed by atoms with Gasteiger partial charge >= 0.3 is 10.1 Å². The number of hydrogen-bond acceptors (Lipinski definition) is 7. The quantitative estimate of drug-likeness (QED) is 0.142. The average molecular weight is 557 g/mol. The Morgan fingerprint density at radius 1 is 1.05 bits per heavy atom. The molecular formula is C27H29ClN4O5S. The molecule has 4 rings (SSSR count). The first-order valence-corrected chi connectivity index (χ1v) is 13.7. The first-order valence-electron chi connectivity index (χ1n) is 11.9. The van der Waals surface area contributed by atoms with E-state index in [9.17, 15) is 18.5 Å². The normalized spacial score (nSPS) is 12.5. The zero-order valence-electron chi connectivity index (χ0n) is 21.7. The van der Waals surface area contributed by atoms with E-state index >= 15 is 0 Å². The van der Waals surface area contributed by atoms with Crippen LogP contribution in [0.2, 0.25) is 5.02 Å². The van der Waals surface area contributed by atoms with Crippen LogP contribution in [-0.4, -0.2) is 28.3 Å². The van der Waals surface area contributed by atoms with Crippen molar-refractivity contribution in [3.8, 4) is 17.0 Å². The van der Waals surface area contributed by atoms with E-state index in [1.165, 1.54) is 12.1 Å². The van der Waals surface area contributed by atoms with E-state index in [0.717, 1.165) is 18.6 Å². The van der Waals surface area contributed by atoms with E-state index in [4.69, 9.17) is 20.8 Å². The number of benzene rings is 2. The molecule has 1 N–H and O–H groups in total. The maximum atomic E-state index is 13.2. The van der Waals surface area contributed by atoms with Crippen LogP contribution in [0.15, 0.2) is 71.8 Å². The van der Waals surface area contributed by atoms with E-state index in [1.54, 1.807) is 18.2 Å². The van der Waals surface area contributed by atoms with Crippen LogP contribution in [0.5, 0.6) is 5.75 Å². The first kappa shape index (κ1) is 27.4. The third-order valence-electron chi connectivity index (χ3n) is 5.70. The Morgan fingerprint density at radius 3 is 2.42 bits per heavy atom. The van der Waals surface area contributed by atoms with Crippen LogP contribution in [0.4, 0.5) is 11.5 Å². The molecule has 9 nitrogen and oxygen atoms in total. The van der Waals surface area contributed by atoms with Gasteiger partial charge in [-0.05, 0) is 62.1 Å². The van der Waals surface area contributed by atoms with Crippen molar-refractivity contribution in [2.45, 2.75) is 51.5 Å². The van der Waals surface area contributed by atoms with Crippen LogP contribution < -0.4 is 9.50 Å². The van der Waals surface area contributed by atoms with Gasteiger partial charge in [0, 0.05) is 23.4 Å². The maximum Gasteiger partial charge on any atom is 0.339 e. The molecule has 0 fully saturated rings. The Balaban J connectivity index is 1.81. The molecule has 2 heterocycles. The Morgan fingerprint density at radius 2 is 1.74 bits per heavy atom. The highest BCUT2D eigenvalue weighted by molar-refractivity contribution is 7.87. The zero-order valence-corrected chi connectivity index (χ0v) is 23.3. The van der Waals surface area contributed by atoms with E-state index in [0.29, 0.717) is 22.7 Å². The zero-order chi connectivity index (χ0) is 27.9. The van der Waals surface area contributed by atoms with Gasteiger partial charge in [-0.25, -0.2) is 4.98 Å². The summed E-state index contributed by atoms with van der Waals surface area (Å²) in [4.78, 5) is 15.0. The third kappa shape index (κ3) is 5.92. The van der Waals surface area contributed by atoms with Gasteiger partial charge in [0.2, 0.25) is 0 Å². The summed E-state index contributed by atoms with van der Waals surface area (Å²) in [5, 5.41) is 14.7. The molecule has 4 aromatic rings. The minimum atomic E-state index is -4.44. The summed E-state index contributed by atoms with van der Waals surface area (Å²) in [5.74, 6) is 0.718. The van der Waals surface area contributed by atoms with Crippen molar-refractivity contribution < 1.29 is 17.5 Å². The lowest BCUT2D eigenvalue weighted by atomic mass is 9.82. The number of nitrogens with zero attached hydrogens (tertiary/aromatic N) is 3. The third-order valence-corrected chi connectivity index (χ3v) is 7.25. The molecule has 2 aromatic carbocycles. The fourth-order valence-corrected chi connectivity index (χ4v) is 5.84. The van der Waals surface area contributed by atoms with Crippen molar-refractivity contribution in [3.05, 3.63) is 82.0 Å². The molecular weight excluding hydrogens is 528 g/mol. The summed E-state index contributed by atoms with van der Waals surface area (Å²) < 4.78 is 33.8. The number of anilines is 1. The van der Waals surface area contributed by atoms with Gasteiger partial charge in [0.05, 0.1) is 4.92 Å². The maximum absolute atomic E-state index is 13.2. The number of aromatic nitrogens is 2. The second-order valence-corrected chi connectivity index (χ2v) is 12.8. The fraction of sp³-hybridized carbons (Fsp3) is 0.296. The van der Waals surface area contributed by atoms with E-state index in [2.05, 4.69) is 39.9 Å². The second-order valence-electron chi connectivity index (χ2n) is 10.9. The molecule has 0 aliphatic heterocycles. The van der Waals surface area contributed by atoms with Gasteiger partial charge in [-0.3, -0.25) is 14.5 Å². The number of fused-ring (bicyclic) bond motifs is 1. The topological polar surface area (TPSA) is 116 Å². The number of nitro groups is 1. The highest BCUT2D eigenvalue weighted by Gasteiger charge is 2.30. The number of hydrogen-bond donors (Lipinski definition) is 1. The Hall–Kier alpha value is -3.63. The van der Waals surface area contributed by atoms with Gasteiger partial charge in [-0.2, -0.15) is 8.42 Å². The number of rotatable bonds is 8. The predicted molar refractivity (Wildman–Crippen MR) is 148 cm³/mol. The smallest absolute Gasteiger partial charge is 0.339 e. The van der Waals surface area contributed by atoms with Crippen molar-refractivity contribution in [2.75, 3.05) is 5.32 Å². The minimum absolute atomic E-state index is 0.0326. The van der Waals surface area contributed by atoms with Crippen LogP contribution in [0.1, 0.15) is 41.0 Å². The Bertz CT molecular complexity index is 1620. The largest absolute Gasteiger partial charge is 0.378 e. The molecule has 0 aliphatic rings. The standard InChI is InChI=1S/C27H29ClN4O5S/c1-26(2,3)17-27(4,5)30-25-24(29-23-12-8-9-15-31(23)25)19-10-6-7-11-22(19)37-38(35,36)18-13-14-20(28)21(16-18)32(33)34/h6-16,30H,17H2,1-5H3. The summed E-state index contributed by atoms with van der Waals surface area (Å²) in [7, 11) is -4.44. The molecule has 200 valence electrons. The molecule has 38 heavy (non-hydrogen) atoms. The number of nitro benzene ring substituents is 1. The molecule has 0 saturated heterocycles. The van der Waals surface area contributed by atoms with Gasteiger partial charge in [-0.1, -0.05) is 50.6 Å². The van der Waals surface area contributed by atoms with Gasteiger partial charge in [0.1, 0.15) is 27.1 Å². The van der Waals surface area contributed by atoms with Gasteiger partial charge in [0.25, 0.3) is 5.69 Å². The number of imidazole rings is 1. The molecule has 0 saturated carbocycles. The molecule has 0 atom stereocenters. The van der Waals surface area contributed by atoms with E-state index in [1.807, 2.05) is 28.8 Å². The monoisotopic (exact) mass is 556 g/mol. The molecule has 11 heteroatoms. The first-order chi connectivity index (χ1) is 17.7. The average Bonchev–Trinajstić information content (AvgIpc) is 3.15. The second kappa shape index (κ2) is 9.92. The minimum Gasteiger partial charge on any atom is -0.378 e. The van der Waals surface area contributed by atoms with Gasteiger partial charge in [-0.15, -0.1) is 0 Å². The SMILES string of the molecule is CC(C)(C)CC(C)(C)Nc1c(-c2ccccc2OS(=O)(=O)c2ccc(Cl)c([N+](=O)[O-])c2)nc2ccccn12. The molecule has 0 amide bonds. The summed E-state index contributed by atoms with van der Waals surface area (Å²) in [6.45, 7) is 10.7. The van der Waals surface area contributed by atoms with Crippen molar-refractivity contribution >= 4 is 38.9 Å². The lowest BCUT2D eigenvalue weighted by Crippen LogP contribution is -2.36. The highest BCUT2D eigenvalue weighted by atomic mass is 35.5. The lowest BCUT2D eigenvalue weighted by molar-refractivity contribution is -0.384. The predicted octanol–water partition coefficient (Wildman–Crippen LogP) is 6.96. The molecule has 0 spiro atoms. The molecule has 2 aromatic heterocycles. The number of pyridine rings is 1. The molecule has 0 unspecified atom stereocenters. The van der Waals surface area contributed by atoms with Crippen molar-refractivity contribution in [1.82, 2.24) is 9.38 Å². The molecule has 0 radical (unpaired) electrons. The summed E-state index contributed by atoms with van der Waals surface area (Å²) in [5.41, 5.74) is 0.805. The Labute approximate surface area is 226 Å². The van der Waals surface area contributed by atoms with Crippen LogP contribution in [-0.2, 0) is 10.1 Å². The lowest BCUT2D eigenvalue weighted by Gasteiger charge is -2.34. The highest BCUT2D eigenvalue weighted by Crippen LogP contribution is 2.39. The molecule has 0 aliphatic carbocycles.